The lowest BCUT2D eigenvalue weighted by Gasteiger charge is -2.29. The molecule has 154 valence electrons. The van der Waals surface area contributed by atoms with E-state index in [4.69, 9.17) is 9.47 Å². The Labute approximate surface area is 169 Å². The largest absolute Gasteiger partial charge is 0.493 e. The first kappa shape index (κ1) is 19.7. The number of hydrogen-bond donors (Lipinski definition) is 2. The molecule has 0 atom stereocenters. The van der Waals surface area contributed by atoms with Gasteiger partial charge in [-0.05, 0) is 67.5 Å². The third kappa shape index (κ3) is 4.53. The molecule has 2 N–H and O–H groups in total. The number of aromatic nitrogens is 1. The predicted molar refractivity (Wildman–Crippen MR) is 110 cm³/mol. The maximum atomic E-state index is 13.6. The summed E-state index contributed by atoms with van der Waals surface area (Å²) < 4.78 is 37.9. The van der Waals surface area contributed by atoms with Gasteiger partial charge in [-0.1, -0.05) is 0 Å². The van der Waals surface area contributed by atoms with Crippen LogP contribution in [-0.2, 0) is 0 Å². The molecule has 1 aliphatic rings. The standard InChI is InChI=1S/C23H26F2N2O2/c1-28-22-9-5-17(25)13-23(22)29-11-10-26-18-6-2-15(3-7-18)20-14-27-21-8-4-16(24)12-19(20)21/h4-5,8-9,12-15,18,26-27H,2-3,6-7,10-11H2,1H3. The first-order valence-electron chi connectivity index (χ1n) is 10.1. The van der Waals surface area contributed by atoms with Gasteiger partial charge in [0, 0.05) is 35.8 Å². The van der Waals surface area contributed by atoms with E-state index < -0.39 is 0 Å². The maximum Gasteiger partial charge on any atom is 0.164 e. The third-order valence-corrected chi connectivity index (χ3v) is 5.76. The van der Waals surface area contributed by atoms with Crippen molar-refractivity contribution < 1.29 is 18.3 Å². The van der Waals surface area contributed by atoms with Gasteiger partial charge < -0.3 is 19.8 Å². The molecule has 0 amide bonds. The van der Waals surface area contributed by atoms with Crippen molar-refractivity contribution in [2.24, 2.45) is 0 Å². The fraction of sp³-hybridized carbons (Fsp3) is 0.391. The molecule has 1 aromatic heterocycles. The minimum absolute atomic E-state index is 0.191. The van der Waals surface area contributed by atoms with Crippen LogP contribution in [0.15, 0.2) is 42.6 Å². The zero-order valence-corrected chi connectivity index (χ0v) is 16.5. The topological polar surface area (TPSA) is 46.3 Å². The molecule has 0 spiro atoms. The Bertz CT molecular complexity index is 965. The number of aromatic amines is 1. The molecule has 1 fully saturated rings. The average molecular weight is 400 g/mol. The van der Waals surface area contributed by atoms with E-state index in [-0.39, 0.29) is 11.6 Å². The van der Waals surface area contributed by atoms with Crippen LogP contribution >= 0.6 is 0 Å². The Kier molecular flexibility index (Phi) is 6.00. The molecule has 4 nitrogen and oxygen atoms in total. The third-order valence-electron chi connectivity index (χ3n) is 5.76. The Morgan fingerprint density at radius 3 is 2.55 bits per heavy atom. The SMILES string of the molecule is COc1ccc(F)cc1OCCNC1CCC(c2c[nH]c3ccc(F)cc23)CC1. The van der Waals surface area contributed by atoms with Crippen molar-refractivity contribution in [3.63, 3.8) is 0 Å². The van der Waals surface area contributed by atoms with Gasteiger partial charge in [-0.2, -0.15) is 0 Å². The van der Waals surface area contributed by atoms with E-state index in [1.807, 2.05) is 6.20 Å². The fourth-order valence-electron chi connectivity index (χ4n) is 4.25. The van der Waals surface area contributed by atoms with Gasteiger partial charge in [0.2, 0.25) is 0 Å². The highest BCUT2D eigenvalue weighted by molar-refractivity contribution is 5.83. The van der Waals surface area contributed by atoms with Gasteiger partial charge >= 0.3 is 0 Å². The number of rotatable bonds is 7. The van der Waals surface area contributed by atoms with Crippen LogP contribution in [0.1, 0.15) is 37.2 Å². The first-order chi connectivity index (χ1) is 14.1. The minimum Gasteiger partial charge on any atom is -0.493 e. The normalized spacial score (nSPS) is 19.4. The van der Waals surface area contributed by atoms with E-state index in [1.54, 1.807) is 25.3 Å². The highest BCUT2D eigenvalue weighted by Crippen LogP contribution is 2.36. The summed E-state index contributed by atoms with van der Waals surface area (Å²) in [7, 11) is 1.54. The molecule has 4 rings (SSSR count). The van der Waals surface area contributed by atoms with Gasteiger partial charge in [0.15, 0.2) is 11.5 Å². The molecule has 1 aliphatic carbocycles. The maximum absolute atomic E-state index is 13.6. The van der Waals surface area contributed by atoms with Crippen LogP contribution < -0.4 is 14.8 Å². The minimum atomic E-state index is -0.343. The molecular weight excluding hydrogens is 374 g/mol. The van der Waals surface area contributed by atoms with Crippen LogP contribution in [0.5, 0.6) is 11.5 Å². The summed E-state index contributed by atoms with van der Waals surface area (Å²) in [4.78, 5) is 3.26. The van der Waals surface area contributed by atoms with E-state index in [0.29, 0.717) is 36.6 Å². The number of ether oxygens (including phenoxy) is 2. The molecule has 29 heavy (non-hydrogen) atoms. The number of H-pyrrole nitrogens is 1. The molecule has 0 unspecified atom stereocenters. The number of hydrogen-bond acceptors (Lipinski definition) is 3. The monoisotopic (exact) mass is 400 g/mol. The Morgan fingerprint density at radius 2 is 1.76 bits per heavy atom. The summed E-state index contributed by atoms with van der Waals surface area (Å²) in [5.41, 5.74) is 2.21. The summed E-state index contributed by atoms with van der Waals surface area (Å²) in [5, 5.41) is 4.53. The second-order valence-electron chi connectivity index (χ2n) is 7.58. The first-order valence-corrected chi connectivity index (χ1v) is 10.1. The van der Waals surface area contributed by atoms with Gasteiger partial charge in [-0.15, -0.1) is 0 Å². The van der Waals surface area contributed by atoms with E-state index in [9.17, 15) is 8.78 Å². The van der Waals surface area contributed by atoms with Crippen molar-refractivity contribution in [2.45, 2.75) is 37.6 Å². The van der Waals surface area contributed by atoms with Crippen molar-refractivity contribution in [2.75, 3.05) is 20.3 Å². The van der Waals surface area contributed by atoms with Crippen LogP contribution in [-0.4, -0.2) is 31.3 Å². The Balaban J connectivity index is 1.25. The van der Waals surface area contributed by atoms with Gasteiger partial charge in [0.05, 0.1) is 7.11 Å². The summed E-state index contributed by atoms with van der Waals surface area (Å²) >= 11 is 0. The van der Waals surface area contributed by atoms with Gasteiger partial charge in [-0.25, -0.2) is 8.78 Å². The zero-order chi connectivity index (χ0) is 20.2. The summed E-state index contributed by atoms with van der Waals surface area (Å²) in [6, 6.07) is 9.61. The Morgan fingerprint density at radius 1 is 1.00 bits per heavy atom. The molecule has 0 bridgehead atoms. The molecule has 2 aromatic carbocycles. The van der Waals surface area contributed by atoms with Gasteiger partial charge in [0.1, 0.15) is 18.2 Å². The summed E-state index contributed by atoms with van der Waals surface area (Å²) in [6.07, 6.45) is 6.30. The van der Waals surface area contributed by atoms with E-state index in [1.165, 1.54) is 23.8 Å². The second kappa shape index (κ2) is 8.82. The number of fused-ring (bicyclic) bond motifs is 1. The van der Waals surface area contributed by atoms with E-state index >= 15 is 0 Å². The lowest BCUT2D eigenvalue weighted by Crippen LogP contribution is -2.35. The molecule has 0 aliphatic heterocycles. The average Bonchev–Trinajstić information content (AvgIpc) is 3.15. The van der Waals surface area contributed by atoms with E-state index in [0.717, 1.165) is 36.6 Å². The van der Waals surface area contributed by atoms with Crippen molar-refractivity contribution in [1.82, 2.24) is 10.3 Å². The van der Waals surface area contributed by atoms with Crippen molar-refractivity contribution in [1.29, 1.82) is 0 Å². The van der Waals surface area contributed by atoms with Crippen LogP contribution in [0.25, 0.3) is 10.9 Å². The quantitative estimate of drug-likeness (QED) is 0.539. The van der Waals surface area contributed by atoms with Crippen molar-refractivity contribution in [3.05, 3.63) is 59.8 Å². The molecular formula is C23H26F2N2O2. The second-order valence-corrected chi connectivity index (χ2v) is 7.58. The highest BCUT2D eigenvalue weighted by Gasteiger charge is 2.24. The molecule has 1 heterocycles. The van der Waals surface area contributed by atoms with Crippen molar-refractivity contribution in [3.8, 4) is 11.5 Å². The molecule has 1 saturated carbocycles. The molecule has 3 aromatic rings. The summed E-state index contributed by atoms with van der Waals surface area (Å²) in [6.45, 7) is 1.13. The van der Waals surface area contributed by atoms with E-state index in [2.05, 4.69) is 10.3 Å². The smallest absolute Gasteiger partial charge is 0.164 e. The zero-order valence-electron chi connectivity index (χ0n) is 16.5. The predicted octanol–water partition coefficient (Wildman–Crippen LogP) is 5.15. The number of methoxy groups -OCH3 is 1. The molecule has 0 saturated heterocycles. The lowest BCUT2D eigenvalue weighted by atomic mass is 9.81. The summed E-state index contributed by atoms with van der Waals surface area (Å²) in [5.74, 6) is 0.871. The fourth-order valence-corrected chi connectivity index (χ4v) is 4.25. The van der Waals surface area contributed by atoms with Gasteiger partial charge in [0.25, 0.3) is 0 Å². The number of benzene rings is 2. The molecule has 6 heteroatoms. The van der Waals surface area contributed by atoms with Crippen molar-refractivity contribution >= 4 is 10.9 Å². The van der Waals surface area contributed by atoms with Crippen LogP contribution in [0.4, 0.5) is 8.78 Å². The van der Waals surface area contributed by atoms with Gasteiger partial charge in [-0.3, -0.25) is 0 Å². The Hall–Kier alpha value is -2.60. The lowest BCUT2D eigenvalue weighted by molar-refractivity contribution is 0.270. The van der Waals surface area contributed by atoms with Crippen LogP contribution in [0.2, 0.25) is 0 Å². The van der Waals surface area contributed by atoms with Crippen LogP contribution in [0.3, 0.4) is 0 Å². The molecule has 0 radical (unpaired) electrons. The van der Waals surface area contributed by atoms with Crippen LogP contribution in [0, 0.1) is 11.6 Å². The highest BCUT2D eigenvalue weighted by atomic mass is 19.1. The number of halogens is 2. The number of nitrogens with one attached hydrogen (secondary N) is 2.